The Balaban J connectivity index is 1.73. The van der Waals surface area contributed by atoms with Gasteiger partial charge < -0.3 is 33.5 Å². The monoisotopic (exact) mass is 588 g/mol. The molecule has 0 fully saturated rings. The summed E-state index contributed by atoms with van der Waals surface area (Å²) >= 11 is 0. The van der Waals surface area contributed by atoms with Gasteiger partial charge in [0.15, 0.2) is 17.1 Å². The summed E-state index contributed by atoms with van der Waals surface area (Å²) < 4.78 is 34.5. The maximum atomic E-state index is 13.1. The predicted octanol–water partition coefficient (Wildman–Crippen LogP) is 5.24. The van der Waals surface area contributed by atoms with Crippen molar-refractivity contribution in [3.05, 3.63) is 101 Å². The SMILES string of the molecule is COc1cc(C)nc(OC(C(=O)O)C(OCCCc2cc(OC)c(OC)c(OC)c2)(c2ccccc2)c2ccccc2)n1. The van der Waals surface area contributed by atoms with E-state index in [0.29, 0.717) is 46.9 Å². The smallest absolute Gasteiger partial charge is 0.348 e. The van der Waals surface area contributed by atoms with Gasteiger partial charge in [0.25, 0.3) is 0 Å². The van der Waals surface area contributed by atoms with Gasteiger partial charge in [0.1, 0.15) is 0 Å². The Morgan fingerprint density at radius 2 is 1.40 bits per heavy atom. The van der Waals surface area contributed by atoms with E-state index in [-0.39, 0.29) is 18.5 Å². The fraction of sp³-hybridized carbons (Fsp3) is 0.303. The van der Waals surface area contributed by atoms with Crippen molar-refractivity contribution in [3.8, 4) is 29.1 Å². The van der Waals surface area contributed by atoms with Crippen molar-refractivity contribution in [2.75, 3.05) is 35.0 Å². The Kier molecular flexibility index (Phi) is 10.4. The number of carboxylic acid groups (broad SMARTS) is 1. The van der Waals surface area contributed by atoms with Crippen LogP contribution in [-0.2, 0) is 21.6 Å². The van der Waals surface area contributed by atoms with Crippen molar-refractivity contribution in [2.24, 2.45) is 0 Å². The number of carboxylic acids is 1. The first-order valence-electron chi connectivity index (χ1n) is 13.7. The summed E-state index contributed by atoms with van der Waals surface area (Å²) in [7, 11) is 6.16. The molecule has 226 valence electrons. The number of aliphatic carboxylic acids is 1. The maximum absolute atomic E-state index is 13.1. The van der Waals surface area contributed by atoms with Crippen LogP contribution >= 0.6 is 0 Å². The van der Waals surface area contributed by atoms with E-state index in [1.165, 1.54) is 7.11 Å². The molecule has 0 spiro atoms. The highest BCUT2D eigenvalue weighted by Gasteiger charge is 2.50. The number of rotatable bonds is 15. The minimum Gasteiger partial charge on any atom is -0.493 e. The maximum Gasteiger partial charge on any atom is 0.348 e. The Morgan fingerprint density at radius 1 is 0.814 bits per heavy atom. The third kappa shape index (κ3) is 6.98. The van der Waals surface area contributed by atoms with Gasteiger partial charge >= 0.3 is 12.0 Å². The van der Waals surface area contributed by atoms with Gasteiger partial charge in [0.2, 0.25) is 17.7 Å². The zero-order chi connectivity index (χ0) is 30.8. The summed E-state index contributed by atoms with van der Waals surface area (Å²) in [5, 5.41) is 10.7. The molecule has 0 amide bonds. The molecule has 1 heterocycles. The Labute approximate surface area is 251 Å². The number of benzene rings is 3. The first kappa shape index (κ1) is 31.1. The van der Waals surface area contributed by atoms with Gasteiger partial charge in [0.05, 0.1) is 28.4 Å². The van der Waals surface area contributed by atoms with Crippen LogP contribution in [0.3, 0.4) is 0 Å². The van der Waals surface area contributed by atoms with Crippen LogP contribution in [0.25, 0.3) is 0 Å². The largest absolute Gasteiger partial charge is 0.493 e. The molecule has 0 bridgehead atoms. The lowest BCUT2D eigenvalue weighted by molar-refractivity contribution is -0.164. The number of aryl methyl sites for hydroxylation is 2. The molecule has 0 aliphatic heterocycles. The van der Waals surface area contributed by atoms with Gasteiger partial charge in [-0.15, -0.1) is 0 Å². The van der Waals surface area contributed by atoms with Crippen LogP contribution in [-0.4, -0.2) is 62.2 Å². The molecule has 43 heavy (non-hydrogen) atoms. The average Bonchev–Trinajstić information content (AvgIpc) is 3.04. The molecule has 0 saturated heterocycles. The number of nitrogens with zero attached hydrogens (tertiary/aromatic N) is 2. The number of methoxy groups -OCH3 is 4. The minimum absolute atomic E-state index is 0.137. The molecular formula is C33H36N2O8. The van der Waals surface area contributed by atoms with Crippen molar-refractivity contribution in [2.45, 2.75) is 31.5 Å². The van der Waals surface area contributed by atoms with Crippen LogP contribution in [0.4, 0.5) is 0 Å². The number of ether oxygens (including phenoxy) is 6. The number of carbonyl (C=O) groups is 1. The zero-order valence-corrected chi connectivity index (χ0v) is 24.9. The Hall–Kier alpha value is -4.83. The summed E-state index contributed by atoms with van der Waals surface area (Å²) in [5.74, 6) is 0.611. The Morgan fingerprint density at radius 3 is 1.88 bits per heavy atom. The van der Waals surface area contributed by atoms with E-state index < -0.39 is 17.7 Å². The van der Waals surface area contributed by atoms with Crippen molar-refractivity contribution in [1.82, 2.24) is 9.97 Å². The number of hydrogen-bond acceptors (Lipinski definition) is 9. The van der Waals surface area contributed by atoms with Crippen LogP contribution in [0.15, 0.2) is 78.9 Å². The molecule has 4 rings (SSSR count). The van der Waals surface area contributed by atoms with E-state index in [4.69, 9.17) is 28.4 Å². The van der Waals surface area contributed by atoms with Gasteiger partial charge in [-0.25, -0.2) is 9.78 Å². The van der Waals surface area contributed by atoms with Crippen LogP contribution < -0.4 is 23.7 Å². The lowest BCUT2D eigenvalue weighted by Gasteiger charge is -2.39. The standard InChI is InChI=1S/C33H36N2O8/c1-22-19-28(40-4)35-32(34-22)43-30(31(36)37)33(24-14-8-6-9-15-24,25-16-10-7-11-17-25)42-18-12-13-23-20-26(38-2)29(41-5)27(21-23)39-3/h6-11,14-17,19-21,30H,12-13,18H2,1-5H3,(H,36,37). The molecule has 4 aromatic rings. The van der Waals surface area contributed by atoms with Gasteiger partial charge in [-0.3, -0.25) is 0 Å². The van der Waals surface area contributed by atoms with Crippen molar-refractivity contribution < 1.29 is 38.3 Å². The second-order valence-electron chi connectivity index (χ2n) is 9.62. The molecule has 10 nitrogen and oxygen atoms in total. The summed E-state index contributed by atoms with van der Waals surface area (Å²) in [6.07, 6.45) is -0.432. The lowest BCUT2D eigenvalue weighted by Crippen LogP contribution is -2.51. The highest BCUT2D eigenvalue weighted by molar-refractivity contribution is 5.76. The summed E-state index contributed by atoms with van der Waals surface area (Å²) in [6, 6.07) is 23.6. The molecule has 1 atom stereocenters. The van der Waals surface area contributed by atoms with Crippen molar-refractivity contribution >= 4 is 5.97 Å². The van der Waals surface area contributed by atoms with Crippen LogP contribution in [0, 0.1) is 6.92 Å². The highest BCUT2D eigenvalue weighted by Crippen LogP contribution is 2.41. The van der Waals surface area contributed by atoms with E-state index >= 15 is 0 Å². The molecule has 1 aromatic heterocycles. The fourth-order valence-electron chi connectivity index (χ4n) is 4.96. The summed E-state index contributed by atoms with van der Waals surface area (Å²) in [4.78, 5) is 21.6. The van der Waals surface area contributed by atoms with Crippen molar-refractivity contribution in [3.63, 3.8) is 0 Å². The Bertz CT molecular complexity index is 1430. The normalized spacial score (nSPS) is 11.8. The van der Waals surface area contributed by atoms with Crippen molar-refractivity contribution in [1.29, 1.82) is 0 Å². The quantitative estimate of drug-likeness (QED) is 0.185. The molecular weight excluding hydrogens is 552 g/mol. The van der Waals surface area contributed by atoms with Gasteiger partial charge in [-0.2, -0.15) is 4.98 Å². The minimum atomic E-state index is -1.57. The van der Waals surface area contributed by atoms with E-state index in [9.17, 15) is 9.90 Å². The van der Waals surface area contributed by atoms with Gasteiger partial charge in [-0.05, 0) is 48.6 Å². The first-order valence-corrected chi connectivity index (χ1v) is 13.7. The highest BCUT2D eigenvalue weighted by atomic mass is 16.6. The molecule has 1 N–H and O–H groups in total. The van der Waals surface area contributed by atoms with Gasteiger partial charge in [0, 0.05) is 18.4 Å². The third-order valence-corrected chi connectivity index (χ3v) is 6.91. The van der Waals surface area contributed by atoms with Gasteiger partial charge in [-0.1, -0.05) is 60.7 Å². The second kappa shape index (κ2) is 14.4. The molecule has 0 aliphatic carbocycles. The molecule has 0 aliphatic rings. The number of hydrogen-bond donors (Lipinski definition) is 1. The molecule has 0 saturated carbocycles. The molecule has 1 unspecified atom stereocenters. The second-order valence-corrected chi connectivity index (χ2v) is 9.62. The predicted molar refractivity (Wildman–Crippen MR) is 159 cm³/mol. The molecule has 3 aromatic carbocycles. The summed E-state index contributed by atoms with van der Waals surface area (Å²) in [6.45, 7) is 1.93. The molecule has 0 radical (unpaired) electrons. The van der Waals surface area contributed by atoms with E-state index in [1.54, 1.807) is 34.3 Å². The van der Waals surface area contributed by atoms with Crippen LogP contribution in [0.1, 0.15) is 28.8 Å². The van der Waals surface area contributed by atoms with Crippen LogP contribution in [0.5, 0.6) is 29.1 Å². The van der Waals surface area contributed by atoms with Crippen LogP contribution in [0.2, 0.25) is 0 Å². The van der Waals surface area contributed by atoms with E-state index in [0.717, 1.165) is 5.56 Å². The fourth-order valence-corrected chi connectivity index (χ4v) is 4.96. The number of aromatic nitrogens is 2. The zero-order valence-electron chi connectivity index (χ0n) is 24.9. The van der Waals surface area contributed by atoms with E-state index in [1.807, 2.05) is 72.8 Å². The topological polar surface area (TPSA) is 118 Å². The first-order chi connectivity index (χ1) is 20.9. The summed E-state index contributed by atoms with van der Waals surface area (Å²) in [5.41, 5.74) is 1.13. The third-order valence-electron chi connectivity index (χ3n) is 6.91. The lowest BCUT2D eigenvalue weighted by atomic mass is 9.81. The van der Waals surface area contributed by atoms with E-state index in [2.05, 4.69) is 9.97 Å². The molecule has 10 heteroatoms. The average molecular weight is 589 g/mol.